The summed E-state index contributed by atoms with van der Waals surface area (Å²) in [5.41, 5.74) is 0. The van der Waals surface area contributed by atoms with Gasteiger partial charge in [-0.3, -0.25) is 9.67 Å². The summed E-state index contributed by atoms with van der Waals surface area (Å²) < 4.78 is 12.6. The molecular formula is C16H25IN6O2. The molecule has 0 saturated carbocycles. The van der Waals surface area contributed by atoms with Crippen LogP contribution >= 0.6 is 24.0 Å². The summed E-state index contributed by atoms with van der Waals surface area (Å²) >= 11 is 0. The third kappa shape index (κ3) is 7.16. The number of ether oxygens (including phenoxy) is 2. The van der Waals surface area contributed by atoms with Crippen molar-refractivity contribution >= 4 is 29.9 Å². The molecule has 2 rings (SSSR count). The fraction of sp³-hybridized carbons (Fsp3) is 0.438. The SMILES string of the molecule is CN=C(NCCCOc1cccc(OC)c1)NCc1ncnn1C.I. The molecule has 0 aliphatic rings. The fourth-order valence-electron chi connectivity index (χ4n) is 2.02. The molecule has 0 saturated heterocycles. The number of hydrogen-bond acceptors (Lipinski definition) is 5. The van der Waals surface area contributed by atoms with E-state index in [2.05, 4.69) is 25.7 Å². The van der Waals surface area contributed by atoms with E-state index in [0.29, 0.717) is 13.2 Å². The standard InChI is InChI=1S/C16H24N6O2.HI/c1-17-16(19-11-15-20-12-21-22(15)2)18-8-5-9-24-14-7-4-6-13(10-14)23-3;/h4,6-7,10,12H,5,8-9,11H2,1-3H3,(H2,17,18,19);1H. The number of aliphatic imine (C=N–C) groups is 1. The van der Waals surface area contributed by atoms with E-state index in [1.54, 1.807) is 18.8 Å². The first kappa shape index (κ1) is 21.0. The Balaban J connectivity index is 0.00000312. The van der Waals surface area contributed by atoms with E-state index in [1.807, 2.05) is 31.3 Å². The zero-order valence-electron chi connectivity index (χ0n) is 14.7. The van der Waals surface area contributed by atoms with Crippen molar-refractivity contribution in [1.82, 2.24) is 25.4 Å². The first-order chi connectivity index (χ1) is 11.7. The molecule has 9 heteroatoms. The van der Waals surface area contributed by atoms with Crippen LogP contribution in [0.4, 0.5) is 0 Å². The summed E-state index contributed by atoms with van der Waals surface area (Å²) in [5.74, 6) is 3.16. The van der Waals surface area contributed by atoms with Crippen molar-refractivity contribution in [2.45, 2.75) is 13.0 Å². The molecule has 0 aliphatic carbocycles. The Kier molecular flexibility index (Phi) is 9.66. The summed E-state index contributed by atoms with van der Waals surface area (Å²) in [6.07, 6.45) is 2.38. The lowest BCUT2D eigenvalue weighted by Gasteiger charge is -2.12. The molecule has 0 atom stereocenters. The number of aryl methyl sites for hydroxylation is 1. The van der Waals surface area contributed by atoms with Gasteiger partial charge in [-0.15, -0.1) is 24.0 Å². The summed E-state index contributed by atoms with van der Waals surface area (Å²) in [5, 5.41) is 10.5. The van der Waals surface area contributed by atoms with Crippen LogP contribution in [0.2, 0.25) is 0 Å². The summed E-state index contributed by atoms with van der Waals surface area (Å²) in [4.78, 5) is 8.33. The van der Waals surface area contributed by atoms with Crippen LogP contribution in [0, 0.1) is 0 Å². The van der Waals surface area contributed by atoms with Crippen molar-refractivity contribution in [1.29, 1.82) is 0 Å². The topological polar surface area (TPSA) is 85.6 Å². The number of benzene rings is 1. The third-order valence-electron chi connectivity index (χ3n) is 3.37. The summed E-state index contributed by atoms with van der Waals surface area (Å²) in [6, 6.07) is 7.58. The van der Waals surface area contributed by atoms with Crippen LogP contribution in [0.5, 0.6) is 11.5 Å². The van der Waals surface area contributed by atoms with Crippen LogP contribution in [0.1, 0.15) is 12.2 Å². The number of hydrogen-bond donors (Lipinski definition) is 2. The Hall–Kier alpha value is -2.04. The smallest absolute Gasteiger partial charge is 0.191 e. The van der Waals surface area contributed by atoms with Crippen molar-refractivity contribution in [2.24, 2.45) is 12.0 Å². The molecule has 0 aliphatic heterocycles. The number of aromatic nitrogens is 3. The van der Waals surface area contributed by atoms with E-state index in [4.69, 9.17) is 9.47 Å². The van der Waals surface area contributed by atoms with Crippen LogP contribution in [0.25, 0.3) is 0 Å². The van der Waals surface area contributed by atoms with E-state index in [1.165, 1.54) is 6.33 Å². The molecule has 25 heavy (non-hydrogen) atoms. The van der Waals surface area contributed by atoms with Gasteiger partial charge in [-0.25, -0.2) is 4.98 Å². The third-order valence-corrected chi connectivity index (χ3v) is 3.37. The maximum atomic E-state index is 5.70. The predicted molar refractivity (Wildman–Crippen MR) is 108 cm³/mol. The fourth-order valence-corrected chi connectivity index (χ4v) is 2.02. The van der Waals surface area contributed by atoms with Crippen LogP contribution in [0.3, 0.4) is 0 Å². The molecule has 0 bridgehead atoms. The average Bonchev–Trinajstić information content (AvgIpc) is 3.02. The molecule has 0 fully saturated rings. The Labute approximate surface area is 165 Å². The molecule has 1 aromatic carbocycles. The number of nitrogens with zero attached hydrogens (tertiary/aromatic N) is 4. The minimum absolute atomic E-state index is 0. The second kappa shape index (κ2) is 11.5. The molecule has 1 heterocycles. The number of rotatable bonds is 8. The average molecular weight is 460 g/mol. The van der Waals surface area contributed by atoms with Crippen LogP contribution in [-0.4, -0.2) is 48.0 Å². The second-order valence-corrected chi connectivity index (χ2v) is 5.03. The highest BCUT2D eigenvalue weighted by Gasteiger charge is 2.02. The minimum Gasteiger partial charge on any atom is -0.497 e. The zero-order chi connectivity index (χ0) is 17.2. The van der Waals surface area contributed by atoms with E-state index in [0.717, 1.165) is 36.2 Å². The number of halogens is 1. The van der Waals surface area contributed by atoms with Gasteiger partial charge >= 0.3 is 0 Å². The van der Waals surface area contributed by atoms with E-state index < -0.39 is 0 Å². The van der Waals surface area contributed by atoms with Gasteiger partial charge in [-0.1, -0.05) is 6.07 Å². The van der Waals surface area contributed by atoms with Gasteiger partial charge in [0.15, 0.2) is 5.96 Å². The molecule has 0 radical (unpaired) electrons. The number of guanidine groups is 1. The molecule has 0 amide bonds. The lowest BCUT2D eigenvalue weighted by Crippen LogP contribution is -2.38. The van der Waals surface area contributed by atoms with Crippen LogP contribution in [0.15, 0.2) is 35.6 Å². The van der Waals surface area contributed by atoms with Crippen molar-refractivity contribution in [3.8, 4) is 11.5 Å². The van der Waals surface area contributed by atoms with Crippen molar-refractivity contribution in [3.05, 3.63) is 36.4 Å². The van der Waals surface area contributed by atoms with Crippen LogP contribution < -0.4 is 20.1 Å². The molecule has 0 spiro atoms. The molecule has 138 valence electrons. The van der Waals surface area contributed by atoms with Gasteiger partial charge in [0.2, 0.25) is 0 Å². The molecule has 2 aromatic rings. The van der Waals surface area contributed by atoms with Crippen molar-refractivity contribution in [2.75, 3.05) is 27.3 Å². The Bertz CT molecular complexity index is 662. The van der Waals surface area contributed by atoms with E-state index in [-0.39, 0.29) is 24.0 Å². The largest absolute Gasteiger partial charge is 0.497 e. The molecule has 0 unspecified atom stereocenters. The molecule has 8 nitrogen and oxygen atoms in total. The highest BCUT2D eigenvalue weighted by atomic mass is 127. The Morgan fingerprint density at radius 1 is 1.28 bits per heavy atom. The minimum atomic E-state index is 0. The van der Waals surface area contributed by atoms with Crippen LogP contribution in [-0.2, 0) is 13.6 Å². The van der Waals surface area contributed by atoms with Gasteiger partial charge in [0, 0.05) is 26.7 Å². The highest BCUT2D eigenvalue weighted by molar-refractivity contribution is 14.0. The van der Waals surface area contributed by atoms with Gasteiger partial charge in [0.05, 0.1) is 20.3 Å². The van der Waals surface area contributed by atoms with Gasteiger partial charge in [0.1, 0.15) is 23.7 Å². The Morgan fingerprint density at radius 3 is 2.76 bits per heavy atom. The maximum absolute atomic E-state index is 5.70. The van der Waals surface area contributed by atoms with Gasteiger partial charge in [0.25, 0.3) is 0 Å². The first-order valence-corrected chi connectivity index (χ1v) is 7.77. The summed E-state index contributed by atoms with van der Waals surface area (Å²) in [7, 11) is 5.23. The lowest BCUT2D eigenvalue weighted by molar-refractivity contribution is 0.308. The highest BCUT2D eigenvalue weighted by Crippen LogP contribution is 2.18. The molecule has 2 N–H and O–H groups in total. The molecular weight excluding hydrogens is 435 g/mol. The molecule has 1 aromatic heterocycles. The summed E-state index contributed by atoms with van der Waals surface area (Å²) in [6.45, 7) is 1.93. The predicted octanol–water partition coefficient (Wildman–Crippen LogP) is 1.58. The van der Waals surface area contributed by atoms with Crippen molar-refractivity contribution < 1.29 is 9.47 Å². The normalized spacial score (nSPS) is 10.8. The quantitative estimate of drug-likeness (QED) is 0.269. The maximum Gasteiger partial charge on any atom is 0.191 e. The van der Waals surface area contributed by atoms with E-state index >= 15 is 0 Å². The monoisotopic (exact) mass is 460 g/mol. The van der Waals surface area contributed by atoms with Gasteiger partial charge < -0.3 is 20.1 Å². The van der Waals surface area contributed by atoms with E-state index in [9.17, 15) is 0 Å². The number of methoxy groups -OCH3 is 1. The van der Waals surface area contributed by atoms with Crippen molar-refractivity contribution in [3.63, 3.8) is 0 Å². The van der Waals surface area contributed by atoms with Gasteiger partial charge in [-0.2, -0.15) is 5.10 Å². The zero-order valence-corrected chi connectivity index (χ0v) is 17.1. The first-order valence-electron chi connectivity index (χ1n) is 7.77. The Morgan fingerprint density at radius 2 is 2.08 bits per heavy atom. The lowest BCUT2D eigenvalue weighted by atomic mass is 10.3. The van der Waals surface area contributed by atoms with Gasteiger partial charge in [-0.05, 0) is 18.6 Å². The second-order valence-electron chi connectivity index (χ2n) is 5.03. The number of nitrogens with one attached hydrogen (secondary N) is 2.